The summed E-state index contributed by atoms with van der Waals surface area (Å²) in [5.74, 6) is -49.2. The zero-order chi connectivity index (χ0) is 26.5. The Kier molecular flexibility index (Phi) is 10.5. The van der Waals surface area contributed by atoms with Gasteiger partial charge in [0.05, 0.1) is 0 Å². The Hall–Kier alpha value is -2.43. The summed E-state index contributed by atoms with van der Waals surface area (Å²) >= 11 is 0. The van der Waals surface area contributed by atoms with Gasteiger partial charge in [-0.1, -0.05) is 0 Å². The van der Waals surface area contributed by atoms with E-state index < -0.39 is 48.1 Å². The molecule has 0 saturated heterocycles. The van der Waals surface area contributed by atoms with Crippen molar-refractivity contribution in [1.82, 2.24) is 0 Å². The molecule has 184 valence electrons. The summed E-state index contributed by atoms with van der Waals surface area (Å²) in [4.78, 5) is 16.7. The van der Waals surface area contributed by atoms with Gasteiger partial charge in [0.1, 0.15) is 0 Å². The van der Waals surface area contributed by atoms with Gasteiger partial charge in [0.15, 0.2) is 0 Å². The minimum Gasteiger partial charge on any atom is -0.222 e. The van der Waals surface area contributed by atoms with Crippen LogP contribution < -0.4 is 0 Å². The average Bonchev–Trinajstić information content (AvgIpc) is 2.54. The quantitative estimate of drug-likeness (QED) is 0.287. The summed E-state index contributed by atoms with van der Waals surface area (Å²) < 4.78 is 209. The third-order valence-corrected chi connectivity index (χ3v) is 2.63. The lowest BCUT2D eigenvalue weighted by Gasteiger charge is -2.41. The minimum atomic E-state index is -8.54. The third kappa shape index (κ3) is 5.44. The predicted octanol–water partition coefficient (Wildman–Crippen LogP) is 5.43. The van der Waals surface area contributed by atoms with Gasteiger partial charge >= 0.3 is 48.1 Å². The van der Waals surface area contributed by atoms with Crippen molar-refractivity contribution < 1.29 is 84.2 Å². The van der Waals surface area contributed by atoms with Crippen LogP contribution in [0.4, 0.5) is 74.6 Å². The van der Waals surface area contributed by atoms with Gasteiger partial charge in [0.2, 0.25) is 12.2 Å². The van der Waals surface area contributed by atoms with Crippen LogP contribution >= 0.6 is 0 Å². The molecule has 0 radical (unpaired) electrons. The summed E-state index contributed by atoms with van der Waals surface area (Å²) in [7, 11) is 0. The Morgan fingerprint density at radius 3 is 0.871 bits per heavy atom. The molecule has 21 heteroatoms. The van der Waals surface area contributed by atoms with Gasteiger partial charge in [0, 0.05) is 0 Å². The van der Waals surface area contributed by atoms with E-state index in [-0.39, 0.29) is 0 Å². The minimum absolute atomic E-state index is 0.750. The van der Waals surface area contributed by atoms with Crippen molar-refractivity contribution in [1.29, 1.82) is 10.8 Å². The zero-order valence-corrected chi connectivity index (χ0v) is 13.3. The molecule has 0 heterocycles. The second-order valence-electron chi connectivity index (χ2n) is 4.50. The molecule has 0 saturated carbocycles. The lowest BCUT2D eigenvalue weighted by molar-refractivity contribution is -0.456. The van der Waals surface area contributed by atoms with Gasteiger partial charge in [0.25, 0.3) is 0 Å². The smallest absolute Gasteiger partial charge is 0.222 e. The van der Waals surface area contributed by atoms with Crippen LogP contribution in [0.2, 0.25) is 0 Å². The van der Waals surface area contributed by atoms with Gasteiger partial charge in [-0.3, -0.25) is 0 Å². The Bertz CT molecular complexity index is 644. The first-order chi connectivity index (χ1) is 13.3. The predicted molar refractivity (Wildman–Crippen MR) is 58.6 cm³/mol. The molecule has 0 fully saturated rings. The molecule has 0 aliphatic rings. The van der Waals surface area contributed by atoms with E-state index in [0.29, 0.717) is 0 Å². The van der Waals surface area contributed by atoms with Gasteiger partial charge in [-0.2, -0.15) is 65.9 Å². The molecule has 0 rings (SSSR count). The number of alkyl halides is 17. The lowest BCUT2D eigenvalue weighted by Crippen LogP contribution is -2.73. The second-order valence-corrected chi connectivity index (χ2v) is 4.50. The summed E-state index contributed by atoms with van der Waals surface area (Å²) in [5, 5.41) is 10.8. The molecule has 0 aromatic carbocycles. The summed E-state index contributed by atoms with van der Waals surface area (Å²) in [6, 6.07) is 0. The summed E-state index contributed by atoms with van der Waals surface area (Å²) in [6.45, 7) is 0. The number of carbonyl (C=O) groups excluding carboxylic acids is 2. The molecule has 0 aliphatic carbocycles. The van der Waals surface area contributed by atoms with Crippen LogP contribution in [0.1, 0.15) is 0 Å². The van der Waals surface area contributed by atoms with E-state index in [1.807, 2.05) is 0 Å². The number of hydrogen-bond donors (Lipinski definition) is 2. The van der Waals surface area contributed by atoms with E-state index >= 15 is 0 Å². The first kappa shape index (κ1) is 33.2. The van der Waals surface area contributed by atoms with Crippen molar-refractivity contribution in [2.45, 2.75) is 48.1 Å². The van der Waals surface area contributed by atoms with Crippen LogP contribution in [0.25, 0.3) is 0 Å². The highest BCUT2D eigenvalue weighted by Gasteiger charge is 2.94. The van der Waals surface area contributed by atoms with E-state index in [9.17, 15) is 74.6 Å². The molecule has 0 unspecified atom stereocenters. The van der Waals surface area contributed by atoms with E-state index in [0.717, 1.165) is 12.2 Å². The fourth-order valence-electron chi connectivity index (χ4n) is 1.12. The van der Waals surface area contributed by atoms with E-state index in [1.165, 1.54) is 0 Å². The van der Waals surface area contributed by atoms with Gasteiger partial charge in [-0.15, -0.1) is 0 Å². The zero-order valence-electron chi connectivity index (χ0n) is 13.3. The van der Waals surface area contributed by atoms with Crippen molar-refractivity contribution in [3.8, 4) is 0 Å². The average molecular weight is 506 g/mol. The first-order valence-corrected chi connectivity index (χ1v) is 5.97. The van der Waals surface area contributed by atoms with Crippen molar-refractivity contribution in [3.05, 3.63) is 0 Å². The fourth-order valence-corrected chi connectivity index (χ4v) is 1.12. The number of isocyanates is 2. The first-order valence-electron chi connectivity index (χ1n) is 5.97. The molecule has 0 bridgehead atoms. The normalized spacial score (nSPS) is 13.9. The SMILES string of the molecule is FC(F)C(F)(F)C(F)(F)C(F)(F)C(F)(F)C(F)(F)C(F)(F)C(F)(F)F.N=C=O.N=C=O. The molecule has 0 atom stereocenters. The maximum atomic E-state index is 12.8. The van der Waals surface area contributed by atoms with Crippen LogP contribution in [0, 0.1) is 10.8 Å². The molecule has 2 N–H and O–H groups in total. The fraction of sp³-hybridized carbons (Fsp3) is 0.800. The molecular weight excluding hydrogens is 503 g/mol. The standard InChI is InChI=1S/C8HF17.2CHNO/c9-1(10)2(11,12)3(13,14)4(15,16)5(17,18)6(19,20)7(21,22)8(23,24)25;2*2-1-3/h1H;2*2H. The molecular formula is C10H3F17N2O2. The highest BCUT2D eigenvalue weighted by Crippen LogP contribution is 2.62. The molecule has 0 aliphatic heterocycles. The molecule has 0 aromatic heterocycles. The Labute approximate surface area is 157 Å². The third-order valence-electron chi connectivity index (χ3n) is 2.63. The van der Waals surface area contributed by atoms with Crippen LogP contribution in [-0.4, -0.2) is 60.3 Å². The van der Waals surface area contributed by atoms with Crippen molar-refractivity contribution >= 4 is 12.2 Å². The number of halogens is 17. The Balaban J connectivity index is -0.00000116. The van der Waals surface area contributed by atoms with Crippen molar-refractivity contribution in [2.75, 3.05) is 0 Å². The van der Waals surface area contributed by atoms with E-state index in [1.54, 1.807) is 0 Å². The molecule has 0 amide bonds. The Morgan fingerprint density at radius 2 is 0.677 bits per heavy atom. The maximum Gasteiger partial charge on any atom is 0.460 e. The van der Waals surface area contributed by atoms with Crippen LogP contribution in [-0.2, 0) is 9.59 Å². The number of nitrogens with one attached hydrogen (secondary N) is 2. The number of rotatable bonds is 6. The molecule has 31 heavy (non-hydrogen) atoms. The largest absolute Gasteiger partial charge is 0.460 e. The van der Waals surface area contributed by atoms with Crippen LogP contribution in [0.15, 0.2) is 0 Å². The molecule has 0 aromatic rings. The van der Waals surface area contributed by atoms with Gasteiger partial charge in [-0.25, -0.2) is 29.2 Å². The summed E-state index contributed by atoms with van der Waals surface area (Å²) in [6.07, 6.45) is -12.1. The highest BCUT2D eigenvalue weighted by atomic mass is 19.4. The summed E-state index contributed by atoms with van der Waals surface area (Å²) in [5.41, 5.74) is 0. The van der Waals surface area contributed by atoms with Crippen molar-refractivity contribution in [2.24, 2.45) is 0 Å². The van der Waals surface area contributed by atoms with Gasteiger partial charge in [-0.05, 0) is 0 Å². The molecule has 4 nitrogen and oxygen atoms in total. The highest BCUT2D eigenvalue weighted by molar-refractivity contribution is 5.26. The number of hydrogen-bond acceptors (Lipinski definition) is 4. The van der Waals surface area contributed by atoms with Crippen LogP contribution in [0.5, 0.6) is 0 Å². The van der Waals surface area contributed by atoms with E-state index in [4.69, 9.17) is 20.4 Å². The van der Waals surface area contributed by atoms with Crippen molar-refractivity contribution in [3.63, 3.8) is 0 Å². The van der Waals surface area contributed by atoms with E-state index in [2.05, 4.69) is 0 Å². The Morgan fingerprint density at radius 1 is 0.484 bits per heavy atom. The monoisotopic (exact) mass is 506 g/mol. The molecule has 0 spiro atoms. The van der Waals surface area contributed by atoms with Gasteiger partial charge < -0.3 is 0 Å². The topological polar surface area (TPSA) is 81.8 Å². The van der Waals surface area contributed by atoms with Crippen LogP contribution in [0.3, 0.4) is 0 Å². The lowest BCUT2D eigenvalue weighted by atomic mass is 9.91. The second kappa shape index (κ2) is 9.80. The maximum absolute atomic E-state index is 12.8.